The summed E-state index contributed by atoms with van der Waals surface area (Å²) in [5.41, 5.74) is 1.50. The van der Waals surface area contributed by atoms with Gasteiger partial charge in [0.25, 0.3) is 0 Å². The maximum atomic E-state index is 13.5. The molecule has 0 radical (unpaired) electrons. The van der Waals surface area contributed by atoms with Crippen LogP contribution in [0.15, 0.2) is 24.8 Å². The van der Waals surface area contributed by atoms with Crippen molar-refractivity contribution in [2.75, 3.05) is 27.3 Å². The fourth-order valence-electron chi connectivity index (χ4n) is 6.64. The van der Waals surface area contributed by atoms with Crippen molar-refractivity contribution in [3.8, 4) is 31.2 Å². The number of alkyl carbamates (subject to hydrolysis) is 2. The monoisotopic (exact) mass is 752 g/mol. The minimum absolute atomic E-state index is 0.120. The van der Waals surface area contributed by atoms with Gasteiger partial charge >= 0.3 is 12.2 Å². The van der Waals surface area contributed by atoms with Crippen LogP contribution in [0.4, 0.5) is 9.59 Å². The first-order chi connectivity index (χ1) is 25.0. The molecule has 0 aromatic carbocycles. The van der Waals surface area contributed by atoms with Gasteiger partial charge in [0.1, 0.15) is 33.7 Å². The Morgan fingerprint density at radius 3 is 1.46 bits per heavy atom. The molecule has 0 aliphatic carbocycles. The zero-order valence-corrected chi connectivity index (χ0v) is 31.6. The van der Waals surface area contributed by atoms with Gasteiger partial charge in [-0.25, -0.2) is 29.5 Å². The van der Waals surface area contributed by atoms with Gasteiger partial charge in [-0.1, -0.05) is 27.7 Å². The van der Waals surface area contributed by atoms with Gasteiger partial charge in [0.05, 0.1) is 59.8 Å². The molecule has 0 saturated carbocycles. The Morgan fingerprint density at radius 1 is 0.692 bits per heavy atom. The Morgan fingerprint density at radius 2 is 1.10 bits per heavy atom. The van der Waals surface area contributed by atoms with E-state index in [-0.39, 0.29) is 35.7 Å². The SMILES string of the molecule is COC(=O)N[C@H](C(=O)N1CCC[C@@H]1c1ncc(-c2ncc(-c3cnc(-c4cnc([C@H]5CCCN5C(=O)[C@@H](NC(=O)OC)C(C)C)[nH]4)s3)s2)[nH]1)C(C)C. The minimum atomic E-state index is -0.706. The van der Waals surface area contributed by atoms with E-state index in [1.54, 1.807) is 22.2 Å². The summed E-state index contributed by atoms with van der Waals surface area (Å²) < 4.78 is 9.49. The number of aromatic nitrogens is 6. The largest absolute Gasteiger partial charge is 0.453 e. The highest BCUT2D eigenvalue weighted by atomic mass is 32.1. The fraction of sp³-hybridized carbons (Fsp3) is 0.529. The minimum Gasteiger partial charge on any atom is -0.453 e. The van der Waals surface area contributed by atoms with Crippen LogP contribution in [0, 0.1) is 11.8 Å². The maximum Gasteiger partial charge on any atom is 0.407 e. The number of thiazole rings is 2. The Bertz CT molecular complexity index is 1760. The van der Waals surface area contributed by atoms with E-state index in [1.807, 2.05) is 40.1 Å². The van der Waals surface area contributed by atoms with Crippen LogP contribution in [0.3, 0.4) is 0 Å². The van der Waals surface area contributed by atoms with Crippen LogP contribution in [0.25, 0.3) is 31.2 Å². The van der Waals surface area contributed by atoms with E-state index in [1.165, 1.54) is 36.9 Å². The lowest BCUT2D eigenvalue weighted by Crippen LogP contribution is -2.51. The summed E-state index contributed by atoms with van der Waals surface area (Å²) in [5, 5.41) is 6.86. The number of nitrogens with one attached hydrogen (secondary N) is 4. The van der Waals surface area contributed by atoms with Gasteiger partial charge in [-0.2, -0.15) is 0 Å². The van der Waals surface area contributed by atoms with Gasteiger partial charge in [-0.15, -0.1) is 22.7 Å². The molecular weight excluding hydrogens is 709 g/mol. The first kappa shape index (κ1) is 36.9. The van der Waals surface area contributed by atoms with Gasteiger partial charge in [-0.05, 0) is 37.5 Å². The number of methoxy groups -OCH3 is 2. The quantitative estimate of drug-likeness (QED) is 0.159. The van der Waals surface area contributed by atoms with Gasteiger partial charge in [0.2, 0.25) is 11.8 Å². The number of ether oxygens (including phenoxy) is 2. The highest BCUT2D eigenvalue weighted by molar-refractivity contribution is 7.24. The van der Waals surface area contributed by atoms with Crippen molar-refractivity contribution in [3.05, 3.63) is 36.4 Å². The number of nitrogens with zero attached hydrogens (tertiary/aromatic N) is 6. The second kappa shape index (κ2) is 15.8. The normalized spacial score (nSPS) is 18.5. The summed E-state index contributed by atoms with van der Waals surface area (Å²) in [6.45, 7) is 8.69. The predicted octanol–water partition coefficient (Wildman–Crippen LogP) is 5.14. The summed E-state index contributed by atoms with van der Waals surface area (Å²) in [4.78, 5) is 81.7. The molecule has 4 aromatic heterocycles. The van der Waals surface area contributed by atoms with Crippen molar-refractivity contribution in [2.24, 2.45) is 11.8 Å². The number of carbonyl (C=O) groups is 4. The topological polar surface area (TPSA) is 200 Å². The molecule has 0 spiro atoms. The zero-order valence-electron chi connectivity index (χ0n) is 30.0. The van der Waals surface area contributed by atoms with Crippen LogP contribution in [0.2, 0.25) is 0 Å². The molecule has 6 rings (SSSR count). The second-order valence-electron chi connectivity index (χ2n) is 13.5. The Labute approximate surface area is 309 Å². The highest BCUT2D eigenvalue weighted by Crippen LogP contribution is 2.39. The predicted molar refractivity (Wildman–Crippen MR) is 194 cm³/mol. The number of amides is 4. The number of H-pyrrole nitrogens is 2. The smallest absolute Gasteiger partial charge is 0.407 e. The van der Waals surface area contributed by atoms with Crippen molar-refractivity contribution in [2.45, 2.75) is 77.5 Å². The molecule has 2 aliphatic heterocycles. The molecular formula is C34H44N10O6S2. The average molecular weight is 753 g/mol. The molecule has 4 aromatic rings. The molecule has 6 heterocycles. The summed E-state index contributed by atoms with van der Waals surface area (Å²) in [5.74, 6) is 0.788. The van der Waals surface area contributed by atoms with Crippen LogP contribution in [-0.2, 0) is 19.1 Å². The number of carbonyl (C=O) groups excluding carboxylic acids is 4. The summed E-state index contributed by atoms with van der Waals surface area (Å²) in [6.07, 6.45) is 8.98. The van der Waals surface area contributed by atoms with Crippen LogP contribution in [-0.4, -0.2) is 103 Å². The fourth-order valence-corrected chi connectivity index (χ4v) is 8.46. The average Bonchev–Trinajstić information content (AvgIpc) is 3.98. The van der Waals surface area contributed by atoms with Gasteiger partial charge in [-0.3, -0.25) is 9.59 Å². The van der Waals surface area contributed by atoms with E-state index in [9.17, 15) is 19.2 Å². The molecule has 2 saturated heterocycles. The third-order valence-electron chi connectivity index (χ3n) is 9.39. The molecule has 4 N–H and O–H groups in total. The summed E-state index contributed by atoms with van der Waals surface area (Å²) >= 11 is 3.01. The molecule has 4 atom stereocenters. The summed E-state index contributed by atoms with van der Waals surface area (Å²) in [7, 11) is 2.56. The number of aromatic amines is 2. The number of imidazole rings is 2. The highest BCUT2D eigenvalue weighted by Gasteiger charge is 2.39. The Balaban J connectivity index is 1.13. The standard InChI is InChI=1S/C34H44N10O6S2/c1-17(2)25(41-33(47)49-5)31(45)43-11-7-9-21(43)27-35-13-19(39-27)29-37-15-23(51-29)24-16-38-30(52-24)20-14-36-28(40-20)22-10-8-12-44(22)32(46)26(18(3)4)42-34(48)50-6/h13-18,21-22,25-26H,7-12H2,1-6H3,(H,35,39)(H,36,40)(H,41,47)(H,42,48)/t21-,22-,25+,26+/m1/s1. The van der Waals surface area contributed by atoms with Crippen molar-refractivity contribution in [3.63, 3.8) is 0 Å². The lowest BCUT2D eigenvalue weighted by Gasteiger charge is -2.29. The lowest BCUT2D eigenvalue weighted by molar-refractivity contribution is -0.136. The molecule has 0 unspecified atom stereocenters. The third kappa shape index (κ3) is 7.67. The Hall–Kier alpha value is -4.84. The van der Waals surface area contributed by atoms with E-state index < -0.39 is 24.3 Å². The van der Waals surface area contributed by atoms with E-state index >= 15 is 0 Å². The number of hydrogen-bond acceptors (Lipinski definition) is 12. The molecule has 2 aliphatic rings. The molecule has 4 amide bonds. The molecule has 2 fully saturated rings. The number of likely N-dealkylation sites (tertiary alicyclic amines) is 2. The second-order valence-corrected chi connectivity index (χ2v) is 15.6. The molecule has 278 valence electrons. The van der Waals surface area contributed by atoms with E-state index in [4.69, 9.17) is 9.47 Å². The van der Waals surface area contributed by atoms with E-state index in [2.05, 4.69) is 40.5 Å². The van der Waals surface area contributed by atoms with Crippen molar-refractivity contribution >= 4 is 46.7 Å². The number of rotatable bonds is 11. The number of hydrogen-bond donors (Lipinski definition) is 4. The van der Waals surface area contributed by atoms with E-state index in [0.717, 1.165) is 56.8 Å². The first-order valence-electron chi connectivity index (χ1n) is 17.3. The van der Waals surface area contributed by atoms with Gasteiger partial charge in [0, 0.05) is 25.5 Å². The lowest BCUT2D eigenvalue weighted by atomic mass is 10.0. The zero-order chi connectivity index (χ0) is 37.1. The first-order valence-corrected chi connectivity index (χ1v) is 18.9. The van der Waals surface area contributed by atoms with Crippen molar-refractivity contribution < 1.29 is 28.7 Å². The van der Waals surface area contributed by atoms with Crippen LogP contribution < -0.4 is 10.6 Å². The summed E-state index contributed by atoms with van der Waals surface area (Å²) in [6, 6.07) is -1.90. The van der Waals surface area contributed by atoms with Crippen molar-refractivity contribution in [1.29, 1.82) is 0 Å². The van der Waals surface area contributed by atoms with E-state index in [0.29, 0.717) is 24.7 Å². The molecule has 52 heavy (non-hydrogen) atoms. The third-order valence-corrected chi connectivity index (χ3v) is 11.6. The van der Waals surface area contributed by atoms with Gasteiger partial charge in [0.15, 0.2) is 0 Å². The van der Waals surface area contributed by atoms with Crippen LogP contribution in [0.5, 0.6) is 0 Å². The van der Waals surface area contributed by atoms with Crippen LogP contribution in [0.1, 0.15) is 77.1 Å². The van der Waals surface area contributed by atoms with Gasteiger partial charge < -0.3 is 39.9 Å². The molecule has 18 heteroatoms. The van der Waals surface area contributed by atoms with Crippen LogP contribution >= 0.6 is 22.7 Å². The van der Waals surface area contributed by atoms with Crippen molar-refractivity contribution in [1.82, 2.24) is 50.3 Å². The Kier molecular flexibility index (Phi) is 11.2. The molecule has 0 bridgehead atoms. The maximum absolute atomic E-state index is 13.5. The molecule has 16 nitrogen and oxygen atoms in total.